The normalized spacial score (nSPS) is 18.6. The van der Waals surface area contributed by atoms with Crippen molar-refractivity contribution in [1.82, 2.24) is 24.8 Å². The number of carbonyl (C=O) groups excluding carboxylic acids is 1. The molecule has 46 heavy (non-hydrogen) atoms. The van der Waals surface area contributed by atoms with Gasteiger partial charge in [0.15, 0.2) is 0 Å². The predicted octanol–water partition coefficient (Wildman–Crippen LogP) is 7.50. The second kappa shape index (κ2) is 14.1. The molecule has 0 unspecified atom stereocenters. The van der Waals surface area contributed by atoms with Crippen LogP contribution in [0.3, 0.4) is 0 Å². The van der Waals surface area contributed by atoms with Gasteiger partial charge in [-0.15, -0.1) is 5.06 Å². The Kier molecular flexibility index (Phi) is 10.2. The van der Waals surface area contributed by atoms with Crippen molar-refractivity contribution >= 4 is 23.7 Å². The minimum atomic E-state index is -4.58. The van der Waals surface area contributed by atoms with Crippen molar-refractivity contribution in [3.8, 4) is 11.1 Å². The molecule has 0 aliphatic carbocycles. The Bertz CT molecular complexity index is 1620. The standard InChI is InChI=1S/C33H36ClF3N6O3/c1-5-28-15-29(30(13-22-9-7-6-8-10-22)43(28)46-32(44)45-21(2)3)42(19-23-11-26(33(35,36)37)14-27(34)12-23)31-38-16-24(17-39-31)25-18-40-41(4)20-25/h6-12,14,16-18,20-21,28-30H,5,13,15,19H2,1-4H3/t28-,29+,30+/m1/s1. The molecule has 5 rings (SSSR count). The van der Waals surface area contributed by atoms with Gasteiger partial charge in [0.1, 0.15) is 0 Å². The van der Waals surface area contributed by atoms with Crippen LogP contribution >= 0.6 is 11.6 Å². The summed E-state index contributed by atoms with van der Waals surface area (Å²) in [7, 11) is 1.81. The van der Waals surface area contributed by atoms with Gasteiger partial charge in [-0.05, 0) is 62.4 Å². The quantitative estimate of drug-likeness (QED) is 0.162. The van der Waals surface area contributed by atoms with Crippen molar-refractivity contribution in [2.45, 2.75) is 77.0 Å². The number of anilines is 1. The number of ether oxygens (including phenoxy) is 1. The summed E-state index contributed by atoms with van der Waals surface area (Å²) < 4.78 is 48.4. The van der Waals surface area contributed by atoms with Crippen LogP contribution in [0.1, 0.15) is 50.3 Å². The maximum Gasteiger partial charge on any atom is 0.528 e. The second-order valence-corrected chi connectivity index (χ2v) is 12.1. The highest BCUT2D eigenvalue weighted by atomic mass is 35.5. The van der Waals surface area contributed by atoms with Crippen LogP contribution in [-0.4, -0.2) is 55.2 Å². The van der Waals surface area contributed by atoms with Crippen LogP contribution in [0.5, 0.6) is 0 Å². The molecule has 0 bridgehead atoms. The first-order chi connectivity index (χ1) is 21.9. The summed E-state index contributed by atoms with van der Waals surface area (Å²) in [5.74, 6) is 0.311. The van der Waals surface area contributed by atoms with Gasteiger partial charge in [0.05, 0.1) is 29.9 Å². The lowest BCUT2D eigenvalue weighted by molar-refractivity contribution is -0.165. The largest absolute Gasteiger partial charge is 0.528 e. The van der Waals surface area contributed by atoms with Crippen LogP contribution < -0.4 is 4.90 Å². The second-order valence-electron chi connectivity index (χ2n) is 11.6. The molecular weight excluding hydrogens is 621 g/mol. The first-order valence-electron chi connectivity index (χ1n) is 15.1. The number of aryl methyl sites for hydroxylation is 1. The van der Waals surface area contributed by atoms with Crippen molar-refractivity contribution in [1.29, 1.82) is 0 Å². The number of aromatic nitrogens is 4. The number of halogens is 4. The Balaban J connectivity index is 1.58. The predicted molar refractivity (Wildman–Crippen MR) is 168 cm³/mol. The average Bonchev–Trinajstić information content (AvgIpc) is 3.58. The van der Waals surface area contributed by atoms with Crippen LogP contribution in [0.2, 0.25) is 5.02 Å². The molecule has 9 nitrogen and oxygen atoms in total. The molecule has 0 N–H and O–H groups in total. The van der Waals surface area contributed by atoms with Crippen molar-refractivity contribution in [2.24, 2.45) is 7.05 Å². The number of hydrogen-bond acceptors (Lipinski definition) is 8. The fourth-order valence-corrected chi connectivity index (χ4v) is 6.07. The lowest BCUT2D eigenvalue weighted by Gasteiger charge is -2.35. The number of rotatable bonds is 10. The molecule has 2 aromatic carbocycles. The third-order valence-electron chi connectivity index (χ3n) is 7.89. The summed E-state index contributed by atoms with van der Waals surface area (Å²) >= 11 is 6.20. The van der Waals surface area contributed by atoms with E-state index in [1.165, 1.54) is 6.07 Å². The van der Waals surface area contributed by atoms with Crippen LogP contribution in [0, 0.1) is 0 Å². The molecule has 0 spiro atoms. The Morgan fingerprint density at radius 2 is 1.78 bits per heavy atom. The van der Waals surface area contributed by atoms with E-state index in [1.807, 2.05) is 55.4 Å². The van der Waals surface area contributed by atoms with E-state index in [9.17, 15) is 18.0 Å². The minimum Gasteiger partial charge on any atom is -0.430 e. The smallest absolute Gasteiger partial charge is 0.430 e. The number of nitrogens with zero attached hydrogens (tertiary/aromatic N) is 6. The summed E-state index contributed by atoms with van der Waals surface area (Å²) in [5, 5.41) is 5.86. The molecular formula is C33H36ClF3N6O3. The highest BCUT2D eigenvalue weighted by Crippen LogP contribution is 2.37. The van der Waals surface area contributed by atoms with Crippen LogP contribution in [0.25, 0.3) is 11.1 Å². The van der Waals surface area contributed by atoms with Gasteiger partial charge in [0.25, 0.3) is 0 Å². The van der Waals surface area contributed by atoms with Crippen molar-refractivity contribution in [2.75, 3.05) is 4.90 Å². The van der Waals surface area contributed by atoms with E-state index in [0.29, 0.717) is 30.8 Å². The zero-order valence-electron chi connectivity index (χ0n) is 26.0. The Labute approximate surface area is 270 Å². The Morgan fingerprint density at radius 1 is 1.07 bits per heavy atom. The van der Waals surface area contributed by atoms with E-state index in [1.54, 1.807) is 42.2 Å². The monoisotopic (exact) mass is 656 g/mol. The topological polar surface area (TPSA) is 85.6 Å². The van der Waals surface area contributed by atoms with Crippen molar-refractivity contribution in [3.63, 3.8) is 0 Å². The number of hydroxylamine groups is 2. The van der Waals surface area contributed by atoms with Crippen LogP contribution in [0.15, 0.2) is 73.3 Å². The maximum absolute atomic E-state index is 13.8. The van der Waals surface area contributed by atoms with Gasteiger partial charge in [0.2, 0.25) is 5.95 Å². The molecule has 0 saturated carbocycles. The molecule has 1 saturated heterocycles. The highest BCUT2D eigenvalue weighted by Gasteiger charge is 2.47. The van der Waals surface area contributed by atoms with E-state index in [-0.39, 0.29) is 29.8 Å². The molecule has 1 aliphatic rings. The molecule has 244 valence electrons. The molecule has 3 atom stereocenters. The Hall–Kier alpha value is -4.16. The Morgan fingerprint density at radius 3 is 2.39 bits per heavy atom. The van der Waals surface area contributed by atoms with Crippen LogP contribution in [-0.2, 0) is 35.8 Å². The first kappa shape index (κ1) is 33.2. The summed E-state index contributed by atoms with van der Waals surface area (Å²) in [6.45, 7) is 5.49. The molecule has 13 heteroatoms. The summed E-state index contributed by atoms with van der Waals surface area (Å²) in [6, 6.07) is 12.2. The van der Waals surface area contributed by atoms with Gasteiger partial charge < -0.3 is 14.5 Å². The number of carbonyl (C=O) groups is 1. The number of alkyl halides is 3. The van der Waals surface area contributed by atoms with Gasteiger partial charge >= 0.3 is 12.3 Å². The van der Waals surface area contributed by atoms with Gasteiger partial charge in [-0.25, -0.2) is 14.8 Å². The number of hydrogen-bond donors (Lipinski definition) is 0. The van der Waals surface area contributed by atoms with Gasteiger partial charge in [-0.2, -0.15) is 18.3 Å². The minimum absolute atomic E-state index is 0.0204. The molecule has 0 amide bonds. The first-order valence-corrected chi connectivity index (χ1v) is 15.4. The molecule has 2 aromatic heterocycles. The lowest BCUT2D eigenvalue weighted by Crippen LogP contribution is -2.48. The molecule has 4 aromatic rings. The highest BCUT2D eigenvalue weighted by molar-refractivity contribution is 6.30. The van der Waals surface area contributed by atoms with E-state index < -0.39 is 23.9 Å². The average molecular weight is 657 g/mol. The van der Waals surface area contributed by atoms with Gasteiger partial charge in [-0.3, -0.25) is 4.68 Å². The zero-order chi connectivity index (χ0) is 33.0. The fraction of sp³-hybridized carbons (Fsp3) is 0.394. The lowest BCUT2D eigenvalue weighted by atomic mass is 9.98. The van der Waals surface area contributed by atoms with Gasteiger partial charge in [-0.1, -0.05) is 48.9 Å². The zero-order valence-corrected chi connectivity index (χ0v) is 26.7. The van der Waals surface area contributed by atoms with E-state index in [4.69, 9.17) is 21.2 Å². The summed E-state index contributed by atoms with van der Waals surface area (Å²) in [6.07, 6.45) is 2.72. The third kappa shape index (κ3) is 7.97. The SMILES string of the molecule is CC[C@@H]1C[C@H](N(Cc2cc(Cl)cc(C(F)(F)F)c2)c2ncc(-c3cnn(C)c3)cn2)[C@H](Cc2ccccc2)N1OC(=O)OC(C)C. The van der Waals surface area contributed by atoms with E-state index >= 15 is 0 Å². The van der Waals surface area contributed by atoms with Crippen molar-refractivity contribution < 1.29 is 27.5 Å². The van der Waals surface area contributed by atoms with E-state index in [0.717, 1.165) is 28.8 Å². The van der Waals surface area contributed by atoms with Gasteiger partial charge in [0, 0.05) is 54.4 Å². The summed E-state index contributed by atoms with van der Waals surface area (Å²) in [4.78, 5) is 29.9. The maximum atomic E-state index is 13.8. The van der Waals surface area contributed by atoms with Crippen molar-refractivity contribution in [3.05, 3.63) is 95.0 Å². The fourth-order valence-electron chi connectivity index (χ4n) is 5.81. The molecule has 1 aliphatic heterocycles. The number of benzene rings is 2. The third-order valence-corrected chi connectivity index (χ3v) is 8.10. The molecule has 1 fully saturated rings. The molecule has 3 heterocycles. The van der Waals surface area contributed by atoms with Crippen LogP contribution in [0.4, 0.5) is 23.9 Å². The molecule has 0 radical (unpaired) electrons. The summed E-state index contributed by atoms with van der Waals surface area (Å²) in [5.41, 5.74) is 2.05. The van der Waals surface area contributed by atoms with E-state index in [2.05, 4.69) is 15.1 Å².